The van der Waals surface area contributed by atoms with E-state index in [1.54, 1.807) is 24.3 Å². The molecule has 0 bridgehead atoms. The summed E-state index contributed by atoms with van der Waals surface area (Å²) in [6, 6.07) is 8.14. The summed E-state index contributed by atoms with van der Waals surface area (Å²) in [7, 11) is 0. The van der Waals surface area contributed by atoms with Crippen LogP contribution in [0.3, 0.4) is 0 Å². The number of carbonyl (C=O) groups excluding carboxylic acids is 2. The largest absolute Gasteiger partial charge is 0.452 e. The zero-order chi connectivity index (χ0) is 32.6. The van der Waals surface area contributed by atoms with Crippen LogP contribution in [0.2, 0.25) is 0 Å². The van der Waals surface area contributed by atoms with Gasteiger partial charge in [0.1, 0.15) is 6.10 Å². The number of esters is 1. The van der Waals surface area contributed by atoms with Crippen molar-refractivity contribution >= 4 is 11.9 Å². The average molecular weight is 632 g/mol. The van der Waals surface area contributed by atoms with Crippen molar-refractivity contribution in [1.82, 2.24) is 5.32 Å². The first kappa shape index (κ1) is 40.8. The monoisotopic (exact) mass is 631 g/mol. The number of carbonyl (C=O) groups is 2. The summed E-state index contributed by atoms with van der Waals surface area (Å²) in [4.78, 5) is 25.6. The molecule has 1 aromatic carbocycles. The quantitative estimate of drug-likeness (QED) is 0.0486. The Morgan fingerprint density at radius 1 is 0.733 bits per heavy atom. The lowest BCUT2D eigenvalue weighted by Gasteiger charge is -2.24. The Morgan fingerprint density at radius 3 is 1.73 bits per heavy atom. The number of nitrogens with one attached hydrogen (secondary N) is 1. The van der Waals surface area contributed by atoms with E-state index in [4.69, 9.17) is 4.74 Å². The van der Waals surface area contributed by atoms with E-state index in [-0.39, 0.29) is 19.2 Å². The Balaban J connectivity index is 2.38. The van der Waals surface area contributed by atoms with Gasteiger partial charge in [0.2, 0.25) is 5.91 Å². The molecule has 2 N–H and O–H groups in total. The molecule has 0 spiro atoms. The van der Waals surface area contributed by atoms with Crippen LogP contribution >= 0.6 is 0 Å². The van der Waals surface area contributed by atoms with Crippen molar-refractivity contribution in [3.05, 3.63) is 48.0 Å². The van der Waals surface area contributed by atoms with Crippen molar-refractivity contribution in [2.24, 2.45) is 0 Å². The number of hydrogen-bond donors (Lipinski definition) is 2. The van der Waals surface area contributed by atoms with Crippen molar-refractivity contribution in [2.75, 3.05) is 13.3 Å². The van der Waals surface area contributed by atoms with E-state index in [0.29, 0.717) is 18.4 Å². The van der Waals surface area contributed by atoms with E-state index in [9.17, 15) is 19.1 Å². The zero-order valence-electron chi connectivity index (χ0n) is 28.6. The highest BCUT2D eigenvalue weighted by atomic mass is 19.1. The smallest absolute Gasteiger partial charge is 0.338 e. The molecule has 1 aromatic rings. The summed E-state index contributed by atoms with van der Waals surface area (Å²) >= 11 is 0. The summed E-state index contributed by atoms with van der Waals surface area (Å²) in [5.74, 6) is -0.584. The van der Waals surface area contributed by atoms with Crippen molar-refractivity contribution in [3.8, 4) is 0 Å². The fraction of sp³-hybridized carbons (Fsp3) is 0.744. The molecule has 0 saturated carbocycles. The highest BCUT2D eigenvalue weighted by molar-refractivity contribution is 5.89. The molecule has 45 heavy (non-hydrogen) atoms. The van der Waals surface area contributed by atoms with Gasteiger partial charge in [0.25, 0.3) is 0 Å². The second-order valence-electron chi connectivity index (χ2n) is 12.7. The fourth-order valence-electron chi connectivity index (χ4n) is 5.66. The Morgan fingerprint density at radius 2 is 1.22 bits per heavy atom. The summed E-state index contributed by atoms with van der Waals surface area (Å²) in [6.45, 7) is 1.75. The first-order chi connectivity index (χ1) is 22.1. The lowest BCUT2D eigenvalue weighted by Crippen LogP contribution is -2.46. The maximum absolute atomic E-state index is 12.8. The van der Waals surface area contributed by atoms with E-state index < -0.39 is 18.1 Å². The Hall–Kier alpha value is -2.21. The number of amides is 1. The molecule has 0 radical (unpaired) electrons. The first-order valence-corrected chi connectivity index (χ1v) is 18.5. The standard InChI is InChI=1S/C39H66FNO4/c1-2-3-4-5-6-7-8-11-14-17-20-26-31-37(45-39(44)35-29-24-23-25-30-35)36(34-42)41-38(43)32-27-21-18-15-12-9-10-13-16-19-22-28-33-40/h23-26,29-31,36-37,42H,2-22,27-28,32-34H2,1H3,(H,41,43)/b31-26+/t36-,37+/m0/s1. The minimum absolute atomic E-state index is 0.120. The van der Waals surface area contributed by atoms with E-state index in [1.165, 1.54) is 96.3 Å². The van der Waals surface area contributed by atoms with Gasteiger partial charge in [-0.15, -0.1) is 0 Å². The SMILES string of the molecule is CCCCCCCCCCCC/C=C/[C@@H](OC(=O)c1ccccc1)[C@H](CO)NC(=O)CCCCCCCCCCCCCCF. The number of ether oxygens (including phenoxy) is 1. The summed E-state index contributed by atoms with van der Waals surface area (Å²) in [5.41, 5.74) is 0.446. The number of halogens is 1. The number of aliphatic hydroxyl groups excluding tert-OH is 1. The molecular formula is C39H66FNO4. The van der Waals surface area contributed by atoms with Gasteiger partial charge < -0.3 is 15.2 Å². The van der Waals surface area contributed by atoms with Crippen LogP contribution in [0.25, 0.3) is 0 Å². The van der Waals surface area contributed by atoms with E-state index in [2.05, 4.69) is 12.2 Å². The molecule has 1 amide bonds. The minimum atomic E-state index is -0.738. The highest BCUT2D eigenvalue weighted by Gasteiger charge is 2.24. The Kier molecular flexibility index (Phi) is 27.6. The van der Waals surface area contributed by atoms with Crippen molar-refractivity contribution in [2.45, 2.75) is 173 Å². The van der Waals surface area contributed by atoms with Gasteiger partial charge in [-0.3, -0.25) is 9.18 Å². The minimum Gasteiger partial charge on any atom is -0.452 e. The van der Waals surface area contributed by atoms with E-state index in [1.807, 2.05) is 18.2 Å². The fourth-order valence-corrected chi connectivity index (χ4v) is 5.66. The third-order valence-electron chi connectivity index (χ3n) is 8.53. The Bertz CT molecular complexity index is 847. The van der Waals surface area contributed by atoms with Crippen LogP contribution in [0, 0.1) is 0 Å². The van der Waals surface area contributed by atoms with Crippen molar-refractivity contribution < 1.29 is 23.8 Å². The van der Waals surface area contributed by atoms with Gasteiger partial charge in [-0.2, -0.15) is 0 Å². The number of aliphatic hydroxyl groups is 1. The number of hydrogen-bond acceptors (Lipinski definition) is 4. The second-order valence-corrected chi connectivity index (χ2v) is 12.7. The van der Waals surface area contributed by atoms with Gasteiger partial charge >= 0.3 is 5.97 Å². The van der Waals surface area contributed by atoms with Crippen molar-refractivity contribution in [1.29, 1.82) is 0 Å². The number of allylic oxidation sites excluding steroid dienone is 1. The number of unbranched alkanes of at least 4 members (excludes halogenated alkanes) is 21. The van der Waals surface area contributed by atoms with E-state index >= 15 is 0 Å². The molecule has 1 rings (SSSR count). The van der Waals surface area contributed by atoms with Crippen molar-refractivity contribution in [3.63, 3.8) is 0 Å². The average Bonchev–Trinajstić information content (AvgIpc) is 3.06. The van der Waals surface area contributed by atoms with Gasteiger partial charge in [0, 0.05) is 6.42 Å². The normalized spacial score (nSPS) is 12.8. The molecule has 0 saturated heterocycles. The highest BCUT2D eigenvalue weighted by Crippen LogP contribution is 2.15. The second kappa shape index (κ2) is 30.4. The predicted molar refractivity (Wildman–Crippen MR) is 186 cm³/mol. The van der Waals surface area contributed by atoms with Gasteiger partial charge in [0.15, 0.2) is 0 Å². The number of alkyl halides is 1. The molecule has 0 heterocycles. The van der Waals surface area contributed by atoms with Gasteiger partial charge in [0.05, 0.1) is 24.9 Å². The molecule has 0 fully saturated rings. The summed E-state index contributed by atoms with van der Waals surface area (Å²) < 4.78 is 17.9. The maximum Gasteiger partial charge on any atom is 0.338 e. The third-order valence-corrected chi connectivity index (χ3v) is 8.53. The van der Waals surface area contributed by atoms with Crippen LogP contribution in [0.1, 0.15) is 171 Å². The van der Waals surface area contributed by atoms with Crippen LogP contribution in [0.5, 0.6) is 0 Å². The molecule has 0 aliphatic heterocycles. The number of rotatable bonds is 31. The topological polar surface area (TPSA) is 75.6 Å². The van der Waals surface area contributed by atoms with Crippen LogP contribution in [-0.4, -0.2) is 42.4 Å². The summed E-state index contributed by atoms with van der Waals surface area (Å²) in [5, 5.41) is 13.1. The van der Waals surface area contributed by atoms with Crippen LogP contribution in [0.4, 0.5) is 4.39 Å². The molecule has 0 aromatic heterocycles. The molecule has 5 nitrogen and oxygen atoms in total. The van der Waals surface area contributed by atoms with Crippen LogP contribution in [-0.2, 0) is 9.53 Å². The zero-order valence-corrected chi connectivity index (χ0v) is 28.6. The maximum atomic E-state index is 12.8. The summed E-state index contributed by atoms with van der Waals surface area (Å²) in [6.07, 6.45) is 30.4. The van der Waals surface area contributed by atoms with Gasteiger partial charge in [-0.1, -0.05) is 153 Å². The number of benzene rings is 1. The molecule has 0 aliphatic carbocycles. The predicted octanol–water partition coefficient (Wildman–Crippen LogP) is 10.6. The Labute approximate surface area is 275 Å². The lowest BCUT2D eigenvalue weighted by atomic mass is 10.0. The molecule has 2 atom stereocenters. The molecule has 6 heteroatoms. The molecule has 258 valence electrons. The lowest BCUT2D eigenvalue weighted by molar-refractivity contribution is -0.123. The first-order valence-electron chi connectivity index (χ1n) is 18.5. The third kappa shape index (κ3) is 23.7. The van der Waals surface area contributed by atoms with Gasteiger partial charge in [-0.25, -0.2) is 4.79 Å². The molecule has 0 aliphatic rings. The van der Waals surface area contributed by atoms with Crippen LogP contribution < -0.4 is 5.32 Å². The van der Waals surface area contributed by atoms with E-state index in [0.717, 1.165) is 44.9 Å². The molecule has 0 unspecified atom stereocenters. The molecular weight excluding hydrogens is 565 g/mol. The van der Waals surface area contributed by atoms with Crippen LogP contribution in [0.15, 0.2) is 42.5 Å². The van der Waals surface area contributed by atoms with Gasteiger partial charge in [-0.05, 0) is 43.9 Å².